The predicted octanol–water partition coefficient (Wildman–Crippen LogP) is 4.36. The van der Waals surface area contributed by atoms with Crippen LogP contribution in [0.4, 0.5) is 11.4 Å². The molecule has 11 heteroatoms. The van der Waals surface area contributed by atoms with Crippen molar-refractivity contribution in [3.63, 3.8) is 0 Å². The van der Waals surface area contributed by atoms with Crippen LogP contribution in [0.25, 0.3) is 0 Å². The minimum Gasteiger partial charge on any atom is -0.494 e. The van der Waals surface area contributed by atoms with Crippen LogP contribution in [0.15, 0.2) is 35.2 Å². The molecule has 2 aromatic rings. The molecule has 0 amide bonds. The predicted molar refractivity (Wildman–Crippen MR) is 91.9 cm³/mol. The number of benzene rings is 2. The maximum absolute atomic E-state index is 12.5. The number of rotatable bonds is 5. The lowest BCUT2D eigenvalue weighted by molar-refractivity contribution is -0.384. The standard InChI is InChI=1S/C13H9Cl3N2O5S/c1-23-12-4-7(18(19)20)2-3-11(12)17-24(21,22)13-6-9(15)8(14)5-10(13)16/h2-6,17H,1H3. The fraction of sp³-hybridized carbons (Fsp3) is 0.0769. The van der Waals surface area contributed by atoms with Gasteiger partial charge >= 0.3 is 0 Å². The third-order valence-electron chi connectivity index (χ3n) is 2.90. The lowest BCUT2D eigenvalue weighted by Crippen LogP contribution is -2.14. The van der Waals surface area contributed by atoms with E-state index in [0.29, 0.717) is 0 Å². The van der Waals surface area contributed by atoms with Crippen molar-refractivity contribution < 1.29 is 18.1 Å². The molecule has 0 aliphatic rings. The summed E-state index contributed by atoms with van der Waals surface area (Å²) in [6, 6.07) is 5.74. The number of methoxy groups -OCH3 is 1. The van der Waals surface area contributed by atoms with Gasteiger partial charge in [-0.2, -0.15) is 0 Å². The van der Waals surface area contributed by atoms with Gasteiger partial charge in [-0.05, 0) is 18.2 Å². The lowest BCUT2D eigenvalue weighted by Gasteiger charge is -2.13. The molecule has 7 nitrogen and oxygen atoms in total. The van der Waals surface area contributed by atoms with Gasteiger partial charge in [0, 0.05) is 6.07 Å². The Morgan fingerprint density at radius 1 is 1.08 bits per heavy atom. The molecule has 0 aliphatic heterocycles. The second kappa shape index (κ2) is 7.02. The molecule has 0 fully saturated rings. The molecule has 0 unspecified atom stereocenters. The van der Waals surface area contributed by atoms with E-state index in [9.17, 15) is 18.5 Å². The molecule has 0 saturated carbocycles. The van der Waals surface area contributed by atoms with Gasteiger partial charge in [0.15, 0.2) is 0 Å². The van der Waals surface area contributed by atoms with Crippen molar-refractivity contribution in [2.45, 2.75) is 4.90 Å². The summed E-state index contributed by atoms with van der Waals surface area (Å²) in [5.74, 6) is -0.0241. The zero-order valence-corrected chi connectivity index (χ0v) is 15.0. The molecule has 0 bridgehead atoms. The van der Waals surface area contributed by atoms with E-state index in [-0.39, 0.29) is 37.1 Å². The number of hydrogen-bond donors (Lipinski definition) is 1. The van der Waals surface area contributed by atoms with Crippen molar-refractivity contribution in [3.8, 4) is 5.75 Å². The first-order valence-corrected chi connectivity index (χ1v) is 8.77. The van der Waals surface area contributed by atoms with Gasteiger partial charge in [0.25, 0.3) is 15.7 Å². The molecule has 0 spiro atoms. The molecule has 2 aromatic carbocycles. The van der Waals surface area contributed by atoms with Crippen LogP contribution in [0.3, 0.4) is 0 Å². The van der Waals surface area contributed by atoms with Crippen LogP contribution >= 0.6 is 34.8 Å². The van der Waals surface area contributed by atoms with Gasteiger partial charge in [-0.1, -0.05) is 34.8 Å². The van der Waals surface area contributed by atoms with Gasteiger partial charge < -0.3 is 4.74 Å². The fourth-order valence-corrected chi connectivity index (χ4v) is 3.86. The molecule has 0 heterocycles. The average Bonchev–Trinajstić information content (AvgIpc) is 2.50. The number of nitrogens with zero attached hydrogens (tertiary/aromatic N) is 1. The monoisotopic (exact) mass is 410 g/mol. The van der Waals surface area contributed by atoms with Crippen LogP contribution in [0, 0.1) is 10.1 Å². The Morgan fingerprint density at radius 2 is 1.71 bits per heavy atom. The topological polar surface area (TPSA) is 98.5 Å². The molecule has 0 atom stereocenters. The van der Waals surface area contributed by atoms with Gasteiger partial charge in [0.1, 0.15) is 10.6 Å². The molecular weight excluding hydrogens is 403 g/mol. The molecule has 1 N–H and O–H groups in total. The number of sulfonamides is 1. The minimum absolute atomic E-state index is 0.00485. The zero-order chi connectivity index (χ0) is 18.1. The molecule has 24 heavy (non-hydrogen) atoms. The third-order valence-corrected chi connectivity index (χ3v) is 5.46. The number of nitro benzene ring substituents is 1. The van der Waals surface area contributed by atoms with E-state index in [1.807, 2.05) is 0 Å². The number of ether oxygens (including phenoxy) is 1. The highest BCUT2D eigenvalue weighted by atomic mass is 35.5. The number of halogens is 3. The van der Waals surface area contributed by atoms with Gasteiger partial charge in [-0.3, -0.25) is 14.8 Å². The van der Waals surface area contributed by atoms with Crippen molar-refractivity contribution in [1.29, 1.82) is 0 Å². The van der Waals surface area contributed by atoms with Gasteiger partial charge in [-0.15, -0.1) is 0 Å². The van der Waals surface area contributed by atoms with Crippen LogP contribution in [0.1, 0.15) is 0 Å². The Hall–Kier alpha value is -1.74. The minimum atomic E-state index is -4.12. The van der Waals surface area contributed by atoms with Crippen LogP contribution in [0.2, 0.25) is 15.1 Å². The summed E-state index contributed by atoms with van der Waals surface area (Å²) >= 11 is 17.5. The van der Waals surface area contributed by atoms with Crippen LogP contribution < -0.4 is 9.46 Å². The second-order valence-electron chi connectivity index (χ2n) is 4.44. The quantitative estimate of drug-likeness (QED) is 0.447. The van der Waals surface area contributed by atoms with E-state index < -0.39 is 14.9 Å². The number of anilines is 1. The number of non-ortho nitro benzene ring substituents is 1. The van der Waals surface area contributed by atoms with Crippen molar-refractivity contribution in [3.05, 3.63) is 55.5 Å². The maximum Gasteiger partial charge on any atom is 0.273 e. The van der Waals surface area contributed by atoms with Gasteiger partial charge in [0.05, 0.1) is 38.9 Å². The van der Waals surface area contributed by atoms with E-state index >= 15 is 0 Å². The Balaban J connectivity index is 2.47. The Kier molecular flexibility index (Phi) is 5.44. The zero-order valence-electron chi connectivity index (χ0n) is 11.9. The van der Waals surface area contributed by atoms with E-state index in [0.717, 1.165) is 18.2 Å². The lowest BCUT2D eigenvalue weighted by atomic mass is 10.2. The van der Waals surface area contributed by atoms with Crippen molar-refractivity contribution in [2.75, 3.05) is 11.8 Å². The van der Waals surface area contributed by atoms with E-state index in [4.69, 9.17) is 39.5 Å². The number of hydrogen-bond acceptors (Lipinski definition) is 5. The highest BCUT2D eigenvalue weighted by Gasteiger charge is 2.22. The van der Waals surface area contributed by atoms with Crippen LogP contribution in [0.5, 0.6) is 5.75 Å². The van der Waals surface area contributed by atoms with Crippen molar-refractivity contribution >= 4 is 56.2 Å². The van der Waals surface area contributed by atoms with E-state index in [1.54, 1.807) is 0 Å². The Bertz CT molecular complexity index is 918. The fourth-order valence-electron chi connectivity index (χ4n) is 1.79. The third kappa shape index (κ3) is 3.84. The highest BCUT2D eigenvalue weighted by molar-refractivity contribution is 7.92. The second-order valence-corrected chi connectivity index (χ2v) is 7.32. The molecule has 0 radical (unpaired) electrons. The largest absolute Gasteiger partial charge is 0.494 e. The summed E-state index contributed by atoms with van der Waals surface area (Å²) in [4.78, 5) is 9.85. The average molecular weight is 412 g/mol. The molecular formula is C13H9Cl3N2O5S. The first-order chi connectivity index (χ1) is 11.2. The van der Waals surface area contributed by atoms with E-state index in [2.05, 4.69) is 4.72 Å². The molecule has 0 saturated heterocycles. The smallest absolute Gasteiger partial charge is 0.273 e. The summed E-state index contributed by atoms with van der Waals surface area (Å²) in [5, 5.41) is 10.8. The van der Waals surface area contributed by atoms with Gasteiger partial charge in [0.2, 0.25) is 0 Å². The number of nitro groups is 1. The first kappa shape index (κ1) is 18.6. The summed E-state index contributed by atoms with van der Waals surface area (Å²) < 4.78 is 32.2. The molecule has 0 aliphatic carbocycles. The van der Waals surface area contributed by atoms with Crippen LogP contribution in [-0.2, 0) is 10.0 Å². The molecule has 2 rings (SSSR count). The number of nitrogens with one attached hydrogen (secondary N) is 1. The molecule has 128 valence electrons. The Labute approximate surface area is 152 Å². The maximum atomic E-state index is 12.5. The summed E-state index contributed by atoms with van der Waals surface area (Å²) in [6.07, 6.45) is 0. The molecule has 0 aromatic heterocycles. The summed E-state index contributed by atoms with van der Waals surface area (Å²) in [5.41, 5.74) is -0.243. The summed E-state index contributed by atoms with van der Waals surface area (Å²) in [6.45, 7) is 0. The van der Waals surface area contributed by atoms with Gasteiger partial charge in [-0.25, -0.2) is 8.42 Å². The Morgan fingerprint density at radius 3 is 2.29 bits per heavy atom. The summed E-state index contributed by atoms with van der Waals surface area (Å²) in [7, 11) is -2.87. The normalized spacial score (nSPS) is 11.2. The van der Waals surface area contributed by atoms with Crippen molar-refractivity contribution in [2.24, 2.45) is 0 Å². The highest BCUT2D eigenvalue weighted by Crippen LogP contribution is 2.35. The SMILES string of the molecule is COc1cc([N+](=O)[O-])ccc1NS(=O)(=O)c1cc(Cl)c(Cl)cc1Cl. The van der Waals surface area contributed by atoms with Crippen molar-refractivity contribution in [1.82, 2.24) is 0 Å². The van der Waals surface area contributed by atoms with Crippen LogP contribution in [-0.4, -0.2) is 20.5 Å². The first-order valence-electron chi connectivity index (χ1n) is 6.15. The van der Waals surface area contributed by atoms with E-state index in [1.165, 1.54) is 19.2 Å².